The lowest BCUT2D eigenvalue weighted by molar-refractivity contribution is -0.0140. The first-order chi connectivity index (χ1) is 9.12. The number of rotatable bonds is 1. The number of hydrogen-bond acceptors (Lipinski definition) is 3. The number of fused-ring (bicyclic) bond motifs is 1. The molecule has 0 bridgehead atoms. The monoisotopic (exact) mass is 261 g/mol. The Labute approximate surface area is 115 Å². The predicted octanol–water partition coefficient (Wildman–Crippen LogP) is 3.43. The smallest absolute Gasteiger partial charge is 0.125 e. The van der Waals surface area contributed by atoms with Crippen LogP contribution in [0.15, 0.2) is 18.2 Å². The van der Waals surface area contributed by atoms with E-state index in [0.29, 0.717) is 0 Å². The van der Waals surface area contributed by atoms with Crippen LogP contribution in [-0.2, 0) is 0 Å². The molecule has 1 aromatic carbocycles. The fourth-order valence-electron chi connectivity index (χ4n) is 3.71. The van der Waals surface area contributed by atoms with E-state index < -0.39 is 0 Å². The summed E-state index contributed by atoms with van der Waals surface area (Å²) in [6.07, 6.45) is 5.76. The maximum atomic E-state index is 6.39. The molecule has 1 aliphatic carbocycles. The topological polar surface area (TPSA) is 44.5 Å². The van der Waals surface area contributed by atoms with Crippen LogP contribution < -0.4 is 15.2 Å². The fraction of sp³-hybridized carbons (Fsp3) is 0.625. The van der Waals surface area contributed by atoms with Gasteiger partial charge in [-0.25, -0.2) is 0 Å². The van der Waals surface area contributed by atoms with Gasteiger partial charge in [-0.1, -0.05) is 13.3 Å². The van der Waals surface area contributed by atoms with Crippen LogP contribution in [0.4, 0.5) is 0 Å². The van der Waals surface area contributed by atoms with Crippen molar-refractivity contribution in [2.75, 3.05) is 7.11 Å². The van der Waals surface area contributed by atoms with Gasteiger partial charge in [0.2, 0.25) is 0 Å². The lowest BCUT2D eigenvalue weighted by atomic mass is 9.73. The molecular weight excluding hydrogens is 238 g/mol. The molecule has 0 aromatic heterocycles. The van der Waals surface area contributed by atoms with Gasteiger partial charge in [-0.15, -0.1) is 0 Å². The van der Waals surface area contributed by atoms with Gasteiger partial charge in [0.25, 0.3) is 0 Å². The summed E-state index contributed by atoms with van der Waals surface area (Å²) in [7, 11) is 1.68. The summed E-state index contributed by atoms with van der Waals surface area (Å²) in [5, 5.41) is 0. The normalized spacial score (nSPS) is 33.6. The summed E-state index contributed by atoms with van der Waals surface area (Å²) in [5.74, 6) is 2.54. The Morgan fingerprint density at radius 3 is 2.95 bits per heavy atom. The Bertz CT molecular complexity index is 474. The van der Waals surface area contributed by atoms with Gasteiger partial charge in [0.1, 0.15) is 17.1 Å². The van der Waals surface area contributed by atoms with Crippen molar-refractivity contribution in [3.8, 4) is 11.5 Å². The number of benzene rings is 1. The van der Waals surface area contributed by atoms with Crippen molar-refractivity contribution in [2.24, 2.45) is 11.7 Å². The van der Waals surface area contributed by atoms with E-state index in [-0.39, 0.29) is 11.6 Å². The highest BCUT2D eigenvalue weighted by Gasteiger charge is 2.42. The molecule has 1 saturated carbocycles. The minimum Gasteiger partial charge on any atom is -0.497 e. The van der Waals surface area contributed by atoms with E-state index in [1.54, 1.807) is 7.11 Å². The van der Waals surface area contributed by atoms with Crippen LogP contribution >= 0.6 is 0 Å². The third-order valence-electron chi connectivity index (χ3n) is 4.58. The first kappa shape index (κ1) is 12.8. The molecule has 3 heteroatoms. The quantitative estimate of drug-likeness (QED) is 0.842. The van der Waals surface area contributed by atoms with Gasteiger partial charge in [-0.2, -0.15) is 0 Å². The molecular formula is C16H23NO2. The molecule has 19 heavy (non-hydrogen) atoms. The maximum absolute atomic E-state index is 6.39. The molecule has 0 amide bonds. The van der Waals surface area contributed by atoms with E-state index in [0.717, 1.165) is 42.2 Å². The number of ether oxygens (including phenoxy) is 2. The highest BCUT2D eigenvalue weighted by molar-refractivity contribution is 5.44. The summed E-state index contributed by atoms with van der Waals surface area (Å²) in [4.78, 5) is 0. The Kier molecular flexibility index (Phi) is 3.17. The van der Waals surface area contributed by atoms with Crippen molar-refractivity contribution < 1.29 is 9.47 Å². The minimum absolute atomic E-state index is 0.0291. The molecule has 1 aliphatic heterocycles. The zero-order chi connectivity index (χ0) is 13.5. The first-order valence-electron chi connectivity index (χ1n) is 7.24. The van der Waals surface area contributed by atoms with Gasteiger partial charge in [-0.05, 0) is 43.4 Å². The summed E-state index contributed by atoms with van der Waals surface area (Å²) >= 11 is 0. The number of methoxy groups -OCH3 is 1. The average molecular weight is 261 g/mol. The minimum atomic E-state index is -0.0291. The van der Waals surface area contributed by atoms with Crippen molar-refractivity contribution in [1.29, 1.82) is 0 Å². The van der Waals surface area contributed by atoms with E-state index >= 15 is 0 Å². The standard InChI is InChI=1S/C16H23NO2/c1-11-4-3-7-16(9-11)10-14(17)13-8-12(18-2)5-6-15(13)19-16/h5-6,8,11,14H,3-4,7,9-10,17H2,1-2H3. The van der Waals surface area contributed by atoms with Gasteiger partial charge < -0.3 is 15.2 Å². The Morgan fingerprint density at radius 1 is 1.37 bits per heavy atom. The van der Waals surface area contributed by atoms with Crippen molar-refractivity contribution in [1.82, 2.24) is 0 Å². The molecule has 0 saturated heterocycles. The molecule has 104 valence electrons. The van der Waals surface area contributed by atoms with E-state index in [9.17, 15) is 0 Å². The Morgan fingerprint density at radius 2 is 2.21 bits per heavy atom. The van der Waals surface area contributed by atoms with Crippen LogP contribution in [0, 0.1) is 5.92 Å². The molecule has 3 rings (SSSR count). The molecule has 1 aromatic rings. The van der Waals surface area contributed by atoms with Crippen LogP contribution in [-0.4, -0.2) is 12.7 Å². The summed E-state index contributed by atoms with van der Waals surface area (Å²) in [6.45, 7) is 2.32. The van der Waals surface area contributed by atoms with Crippen LogP contribution in [0.3, 0.4) is 0 Å². The van der Waals surface area contributed by atoms with Crippen molar-refractivity contribution in [3.05, 3.63) is 23.8 Å². The predicted molar refractivity (Wildman–Crippen MR) is 75.5 cm³/mol. The van der Waals surface area contributed by atoms with E-state index in [1.165, 1.54) is 12.8 Å². The molecule has 1 spiro atoms. The second-order valence-corrected chi connectivity index (χ2v) is 6.20. The van der Waals surface area contributed by atoms with E-state index in [2.05, 4.69) is 6.92 Å². The van der Waals surface area contributed by atoms with Gasteiger partial charge in [0.05, 0.1) is 7.11 Å². The van der Waals surface area contributed by atoms with Gasteiger partial charge in [0, 0.05) is 18.0 Å². The van der Waals surface area contributed by atoms with Crippen LogP contribution in [0.1, 0.15) is 50.6 Å². The first-order valence-corrected chi connectivity index (χ1v) is 7.24. The zero-order valence-electron chi connectivity index (χ0n) is 11.8. The lowest BCUT2D eigenvalue weighted by Gasteiger charge is -2.45. The Balaban J connectivity index is 1.91. The van der Waals surface area contributed by atoms with Gasteiger partial charge in [0.15, 0.2) is 0 Å². The second-order valence-electron chi connectivity index (χ2n) is 6.20. The molecule has 3 nitrogen and oxygen atoms in total. The van der Waals surface area contributed by atoms with E-state index in [4.69, 9.17) is 15.2 Å². The molecule has 3 unspecified atom stereocenters. The molecule has 0 radical (unpaired) electrons. The fourth-order valence-corrected chi connectivity index (χ4v) is 3.71. The molecule has 3 atom stereocenters. The second kappa shape index (κ2) is 4.71. The van der Waals surface area contributed by atoms with Crippen molar-refractivity contribution in [3.63, 3.8) is 0 Å². The van der Waals surface area contributed by atoms with E-state index in [1.807, 2.05) is 18.2 Å². The van der Waals surface area contributed by atoms with Crippen molar-refractivity contribution >= 4 is 0 Å². The highest BCUT2D eigenvalue weighted by Crippen LogP contribution is 2.47. The van der Waals surface area contributed by atoms with Crippen molar-refractivity contribution in [2.45, 2.75) is 50.7 Å². The summed E-state index contributed by atoms with van der Waals surface area (Å²) in [6, 6.07) is 6.04. The Hall–Kier alpha value is -1.22. The SMILES string of the molecule is COc1ccc2c(c1)C(N)CC1(CCCC(C)C1)O2. The summed E-state index contributed by atoms with van der Waals surface area (Å²) in [5.41, 5.74) is 7.44. The molecule has 1 heterocycles. The molecule has 2 N–H and O–H groups in total. The largest absolute Gasteiger partial charge is 0.497 e. The van der Waals surface area contributed by atoms with Crippen LogP contribution in [0.2, 0.25) is 0 Å². The zero-order valence-corrected chi connectivity index (χ0v) is 11.8. The number of hydrogen-bond donors (Lipinski definition) is 1. The van der Waals surface area contributed by atoms with Gasteiger partial charge >= 0.3 is 0 Å². The third-order valence-corrected chi connectivity index (χ3v) is 4.58. The third kappa shape index (κ3) is 2.32. The van der Waals surface area contributed by atoms with Crippen LogP contribution in [0.5, 0.6) is 11.5 Å². The highest BCUT2D eigenvalue weighted by atomic mass is 16.5. The molecule has 2 aliphatic rings. The van der Waals surface area contributed by atoms with Crippen LogP contribution in [0.25, 0.3) is 0 Å². The lowest BCUT2D eigenvalue weighted by Crippen LogP contribution is -2.46. The van der Waals surface area contributed by atoms with Gasteiger partial charge in [-0.3, -0.25) is 0 Å². The number of nitrogens with two attached hydrogens (primary N) is 1. The average Bonchev–Trinajstić information content (AvgIpc) is 2.38. The molecule has 1 fully saturated rings. The summed E-state index contributed by atoms with van der Waals surface area (Å²) < 4.78 is 11.6. The maximum Gasteiger partial charge on any atom is 0.125 e.